The van der Waals surface area contributed by atoms with Crippen LogP contribution in [0.15, 0.2) is 0 Å². The van der Waals surface area contributed by atoms with Gasteiger partial charge in [-0.05, 0) is 38.3 Å². The van der Waals surface area contributed by atoms with Gasteiger partial charge in [-0.25, -0.2) is 0 Å². The van der Waals surface area contributed by atoms with Gasteiger partial charge < -0.3 is 20.1 Å². The maximum absolute atomic E-state index is 9.80. The normalized spacial score (nSPS) is 33.2. The van der Waals surface area contributed by atoms with Crippen LogP contribution in [0.1, 0.15) is 33.1 Å². The van der Waals surface area contributed by atoms with Crippen LogP contribution in [0, 0.1) is 11.3 Å². The molecular formula is C15H30N2O2. The molecule has 0 spiro atoms. The molecule has 0 saturated carbocycles. The third-order valence-corrected chi connectivity index (χ3v) is 4.28. The van der Waals surface area contributed by atoms with Gasteiger partial charge in [-0.1, -0.05) is 13.8 Å². The molecule has 0 aliphatic carbocycles. The molecule has 2 aliphatic rings. The zero-order chi connectivity index (χ0) is 13.7. The highest BCUT2D eigenvalue weighted by atomic mass is 16.5. The molecule has 0 aromatic rings. The molecule has 2 aliphatic heterocycles. The van der Waals surface area contributed by atoms with Crippen molar-refractivity contribution >= 4 is 0 Å². The summed E-state index contributed by atoms with van der Waals surface area (Å²) in [7, 11) is 0. The van der Waals surface area contributed by atoms with Crippen LogP contribution in [-0.4, -0.2) is 62.0 Å². The number of hydrogen-bond acceptors (Lipinski definition) is 4. The fraction of sp³-hybridized carbons (Fsp3) is 1.00. The van der Waals surface area contributed by atoms with E-state index in [1.165, 1.54) is 0 Å². The molecule has 2 fully saturated rings. The average molecular weight is 270 g/mol. The minimum atomic E-state index is -0.128. The number of piperidine rings is 1. The first-order valence-corrected chi connectivity index (χ1v) is 7.78. The minimum Gasteiger partial charge on any atom is -0.392 e. The molecular weight excluding hydrogens is 240 g/mol. The molecule has 2 N–H and O–H groups in total. The van der Waals surface area contributed by atoms with Crippen LogP contribution < -0.4 is 5.32 Å². The molecule has 0 aromatic carbocycles. The van der Waals surface area contributed by atoms with Crippen LogP contribution in [0.25, 0.3) is 0 Å². The van der Waals surface area contributed by atoms with Crippen molar-refractivity contribution in [2.45, 2.75) is 39.2 Å². The number of ether oxygens (including phenoxy) is 1. The zero-order valence-corrected chi connectivity index (χ0v) is 12.5. The Labute approximate surface area is 117 Å². The fourth-order valence-corrected chi connectivity index (χ4v) is 3.24. The lowest BCUT2D eigenvalue weighted by Crippen LogP contribution is -2.49. The van der Waals surface area contributed by atoms with Gasteiger partial charge in [0.2, 0.25) is 0 Å². The van der Waals surface area contributed by atoms with E-state index >= 15 is 0 Å². The van der Waals surface area contributed by atoms with Crippen molar-refractivity contribution in [3.63, 3.8) is 0 Å². The monoisotopic (exact) mass is 270 g/mol. The third kappa shape index (κ3) is 4.71. The van der Waals surface area contributed by atoms with Crippen molar-refractivity contribution < 1.29 is 9.84 Å². The predicted molar refractivity (Wildman–Crippen MR) is 77.3 cm³/mol. The summed E-state index contributed by atoms with van der Waals surface area (Å²) in [6, 6.07) is 0. The maximum Gasteiger partial charge on any atom is 0.0667 e. The molecule has 2 saturated heterocycles. The molecule has 0 bridgehead atoms. The summed E-state index contributed by atoms with van der Waals surface area (Å²) in [6.07, 6.45) is 3.10. The van der Waals surface area contributed by atoms with Crippen molar-refractivity contribution in [3.8, 4) is 0 Å². The summed E-state index contributed by atoms with van der Waals surface area (Å²) in [4.78, 5) is 2.43. The van der Waals surface area contributed by atoms with E-state index in [4.69, 9.17) is 4.74 Å². The predicted octanol–water partition coefficient (Wildman–Crippen LogP) is 1.10. The summed E-state index contributed by atoms with van der Waals surface area (Å²) < 4.78 is 5.66. The smallest absolute Gasteiger partial charge is 0.0667 e. The summed E-state index contributed by atoms with van der Waals surface area (Å²) in [5.41, 5.74) is 0.256. The van der Waals surface area contributed by atoms with Crippen LogP contribution >= 0.6 is 0 Å². The van der Waals surface area contributed by atoms with E-state index in [1.54, 1.807) is 0 Å². The minimum absolute atomic E-state index is 0.128. The van der Waals surface area contributed by atoms with Crippen LogP contribution in [0.4, 0.5) is 0 Å². The van der Waals surface area contributed by atoms with Crippen LogP contribution in [0.5, 0.6) is 0 Å². The molecule has 4 nitrogen and oxygen atoms in total. The molecule has 0 radical (unpaired) electrons. The molecule has 2 atom stereocenters. The van der Waals surface area contributed by atoms with Gasteiger partial charge in [-0.2, -0.15) is 0 Å². The van der Waals surface area contributed by atoms with Crippen molar-refractivity contribution in [2.75, 3.05) is 45.9 Å². The molecule has 112 valence electrons. The van der Waals surface area contributed by atoms with E-state index in [9.17, 15) is 5.11 Å². The first-order valence-electron chi connectivity index (χ1n) is 7.78. The van der Waals surface area contributed by atoms with Gasteiger partial charge in [0.05, 0.1) is 12.7 Å². The van der Waals surface area contributed by atoms with E-state index in [1.807, 2.05) is 0 Å². The van der Waals surface area contributed by atoms with E-state index in [2.05, 4.69) is 24.1 Å². The Hall–Kier alpha value is -0.160. The molecule has 0 amide bonds. The summed E-state index contributed by atoms with van der Waals surface area (Å²) >= 11 is 0. The van der Waals surface area contributed by atoms with Gasteiger partial charge in [-0.3, -0.25) is 0 Å². The quantitative estimate of drug-likeness (QED) is 0.758. The van der Waals surface area contributed by atoms with Crippen LogP contribution in [0.2, 0.25) is 0 Å². The number of nitrogens with zero attached hydrogens (tertiary/aromatic N) is 1. The molecule has 4 heteroatoms. The Kier molecular flexibility index (Phi) is 5.63. The number of likely N-dealkylation sites (tertiary alicyclic amines) is 1. The van der Waals surface area contributed by atoms with E-state index in [0.29, 0.717) is 5.92 Å². The van der Waals surface area contributed by atoms with Crippen molar-refractivity contribution in [1.29, 1.82) is 0 Å². The van der Waals surface area contributed by atoms with Crippen molar-refractivity contribution in [1.82, 2.24) is 10.2 Å². The Balaban J connectivity index is 1.84. The number of aliphatic hydroxyl groups is 1. The SMILES string of the molecule is CC(C)CNCC1(CN2CCCC(O)C2)CCOC1. The number of aliphatic hydroxyl groups excluding tert-OH is 1. The Morgan fingerprint density at radius 1 is 1.47 bits per heavy atom. The second kappa shape index (κ2) is 7.02. The van der Waals surface area contributed by atoms with Gasteiger partial charge >= 0.3 is 0 Å². The highest BCUT2D eigenvalue weighted by molar-refractivity contribution is 4.90. The number of rotatable bonds is 6. The second-order valence-corrected chi connectivity index (χ2v) is 6.86. The highest BCUT2D eigenvalue weighted by Crippen LogP contribution is 2.30. The summed E-state index contributed by atoms with van der Waals surface area (Å²) in [5, 5.41) is 13.4. The van der Waals surface area contributed by atoms with E-state index < -0.39 is 0 Å². The lowest BCUT2D eigenvalue weighted by molar-refractivity contribution is 0.0377. The fourth-order valence-electron chi connectivity index (χ4n) is 3.24. The molecule has 19 heavy (non-hydrogen) atoms. The Morgan fingerprint density at radius 3 is 2.95 bits per heavy atom. The first kappa shape index (κ1) is 15.2. The standard InChI is InChI=1S/C15H30N2O2/c1-13(2)8-16-10-15(5-7-19-12-15)11-17-6-3-4-14(18)9-17/h13-14,16,18H,3-12H2,1-2H3. The first-order chi connectivity index (χ1) is 9.10. The Bertz CT molecular complexity index is 265. The molecule has 2 rings (SSSR count). The van der Waals surface area contributed by atoms with E-state index in [0.717, 1.165) is 65.2 Å². The van der Waals surface area contributed by atoms with Crippen molar-refractivity contribution in [2.24, 2.45) is 11.3 Å². The lowest BCUT2D eigenvalue weighted by atomic mass is 9.85. The zero-order valence-electron chi connectivity index (χ0n) is 12.5. The maximum atomic E-state index is 9.80. The second-order valence-electron chi connectivity index (χ2n) is 6.86. The van der Waals surface area contributed by atoms with Crippen molar-refractivity contribution in [3.05, 3.63) is 0 Å². The van der Waals surface area contributed by atoms with E-state index in [-0.39, 0.29) is 11.5 Å². The number of nitrogens with one attached hydrogen (secondary N) is 1. The topological polar surface area (TPSA) is 44.7 Å². The average Bonchev–Trinajstić information content (AvgIpc) is 2.77. The van der Waals surface area contributed by atoms with Gasteiger partial charge in [0.1, 0.15) is 0 Å². The highest BCUT2D eigenvalue weighted by Gasteiger charge is 2.37. The van der Waals surface area contributed by atoms with Crippen LogP contribution in [-0.2, 0) is 4.74 Å². The summed E-state index contributed by atoms with van der Waals surface area (Å²) in [5.74, 6) is 0.691. The largest absolute Gasteiger partial charge is 0.392 e. The third-order valence-electron chi connectivity index (χ3n) is 4.28. The molecule has 2 unspecified atom stereocenters. The van der Waals surface area contributed by atoms with Gasteiger partial charge in [-0.15, -0.1) is 0 Å². The lowest BCUT2D eigenvalue weighted by Gasteiger charge is -2.38. The van der Waals surface area contributed by atoms with Gasteiger partial charge in [0, 0.05) is 31.7 Å². The summed E-state index contributed by atoms with van der Waals surface area (Å²) in [6.45, 7) is 11.4. The van der Waals surface area contributed by atoms with Gasteiger partial charge in [0.25, 0.3) is 0 Å². The number of β-amino-alcohol motifs (C(OH)–C–C–N with tert-alkyl or cyclic N) is 1. The van der Waals surface area contributed by atoms with Crippen LogP contribution in [0.3, 0.4) is 0 Å². The number of hydrogen-bond donors (Lipinski definition) is 2. The van der Waals surface area contributed by atoms with Gasteiger partial charge in [0.15, 0.2) is 0 Å². The Morgan fingerprint density at radius 2 is 2.32 bits per heavy atom. The molecule has 0 aromatic heterocycles. The molecule has 2 heterocycles.